The summed E-state index contributed by atoms with van der Waals surface area (Å²) in [6.07, 6.45) is 0. The average Bonchev–Trinajstić information content (AvgIpc) is 2.76. The molecule has 2 amide bonds. The largest absolute Gasteiger partial charge is 0.497 e. The molecule has 6 heteroatoms. The van der Waals surface area contributed by atoms with Crippen LogP contribution in [0.3, 0.4) is 0 Å². The molecule has 146 valence electrons. The SMILES string of the molecule is COc1ccc(CN2C(=O)C(C(=O)N3CCOCC3)C2c2ccccc2)cc1. The Morgan fingerprint density at radius 2 is 1.75 bits per heavy atom. The Balaban J connectivity index is 1.57. The number of rotatable bonds is 5. The summed E-state index contributed by atoms with van der Waals surface area (Å²) in [5.41, 5.74) is 1.99. The Labute approximate surface area is 164 Å². The second-order valence-corrected chi connectivity index (χ2v) is 7.09. The van der Waals surface area contributed by atoms with Gasteiger partial charge in [0.05, 0.1) is 26.4 Å². The molecule has 0 aromatic heterocycles. The zero-order valence-electron chi connectivity index (χ0n) is 15.9. The summed E-state index contributed by atoms with van der Waals surface area (Å²) in [6.45, 7) is 2.61. The third kappa shape index (κ3) is 3.47. The topological polar surface area (TPSA) is 59.1 Å². The van der Waals surface area contributed by atoms with Crippen molar-refractivity contribution in [2.24, 2.45) is 5.92 Å². The normalized spacial score (nSPS) is 22.0. The molecule has 0 aliphatic carbocycles. The first kappa shape index (κ1) is 18.5. The maximum atomic E-state index is 13.1. The van der Waals surface area contributed by atoms with E-state index in [0.29, 0.717) is 32.8 Å². The van der Waals surface area contributed by atoms with Crippen LogP contribution in [0.25, 0.3) is 0 Å². The van der Waals surface area contributed by atoms with Crippen molar-refractivity contribution in [1.82, 2.24) is 9.80 Å². The molecule has 2 unspecified atom stereocenters. The molecule has 2 aliphatic rings. The average molecular weight is 380 g/mol. The van der Waals surface area contributed by atoms with Crippen molar-refractivity contribution in [3.8, 4) is 5.75 Å². The van der Waals surface area contributed by atoms with Crippen LogP contribution < -0.4 is 4.74 Å². The van der Waals surface area contributed by atoms with Gasteiger partial charge in [-0.3, -0.25) is 9.59 Å². The van der Waals surface area contributed by atoms with Crippen LogP contribution in [0.4, 0.5) is 0 Å². The minimum Gasteiger partial charge on any atom is -0.497 e. The summed E-state index contributed by atoms with van der Waals surface area (Å²) in [5.74, 6) is -0.0771. The van der Waals surface area contributed by atoms with Crippen LogP contribution in [0.15, 0.2) is 54.6 Å². The first-order valence-corrected chi connectivity index (χ1v) is 9.54. The Bertz CT molecular complexity index is 831. The van der Waals surface area contributed by atoms with Gasteiger partial charge in [0, 0.05) is 19.6 Å². The molecule has 2 aliphatic heterocycles. The lowest BCUT2D eigenvalue weighted by Gasteiger charge is -2.48. The number of hydrogen-bond acceptors (Lipinski definition) is 4. The lowest BCUT2D eigenvalue weighted by molar-refractivity contribution is -0.169. The van der Waals surface area contributed by atoms with Crippen molar-refractivity contribution in [2.45, 2.75) is 12.6 Å². The van der Waals surface area contributed by atoms with E-state index < -0.39 is 5.92 Å². The van der Waals surface area contributed by atoms with E-state index in [1.807, 2.05) is 54.6 Å². The molecule has 0 saturated carbocycles. The van der Waals surface area contributed by atoms with E-state index in [2.05, 4.69) is 0 Å². The second-order valence-electron chi connectivity index (χ2n) is 7.09. The molecular formula is C22H24N2O4. The number of amides is 2. The van der Waals surface area contributed by atoms with Gasteiger partial charge in [0.15, 0.2) is 0 Å². The molecule has 0 spiro atoms. The molecule has 0 N–H and O–H groups in total. The van der Waals surface area contributed by atoms with E-state index >= 15 is 0 Å². The number of carbonyl (C=O) groups is 2. The quantitative estimate of drug-likeness (QED) is 0.590. The minimum absolute atomic E-state index is 0.0897. The van der Waals surface area contributed by atoms with E-state index in [9.17, 15) is 9.59 Å². The Hall–Kier alpha value is -2.86. The van der Waals surface area contributed by atoms with Gasteiger partial charge in [0.1, 0.15) is 11.7 Å². The molecule has 28 heavy (non-hydrogen) atoms. The zero-order valence-corrected chi connectivity index (χ0v) is 15.9. The number of nitrogens with zero attached hydrogens (tertiary/aromatic N) is 2. The smallest absolute Gasteiger partial charge is 0.238 e. The fourth-order valence-corrected chi connectivity index (χ4v) is 3.90. The number of likely N-dealkylation sites (tertiary alicyclic amines) is 1. The highest BCUT2D eigenvalue weighted by atomic mass is 16.5. The standard InChI is InChI=1S/C22H24N2O4/c1-27-18-9-7-16(8-10-18)15-24-20(17-5-3-2-4-6-17)19(22(24)26)21(25)23-11-13-28-14-12-23/h2-10,19-20H,11-15H2,1H3. The number of benzene rings is 2. The summed E-state index contributed by atoms with van der Waals surface area (Å²) in [6, 6.07) is 17.2. The van der Waals surface area contributed by atoms with Gasteiger partial charge in [-0.2, -0.15) is 0 Å². The van der Waals surface area contributed by atoms with Crippen LogP contribution in [-0.4, -0.2) is 55.0 Å². The van der Waals surface area contributed by atoms with Gasteiger partial charge in [-0.15, -0.1) is 0 Å². The Morgan fingerprint density at radius 3 is 2.39 bits per heavy atom. The van der Waals surface area contributed by atoms with Gasteiger partial charge < -0.3 is 19.3 Å². The van der Waals surface area contributed by atoms with Crippen molar-refractivity contribution in [1.29, 1.82) is 0 Å². The van der Waals surface area contributed by atoms with E-state index in [0.717, 1.165) is 16.9 Å². The fourth-order valence-electron chi connectivity index (χ4n) is 3.90. The van der Waals surface area contributed by atoms with Crippen molar-refractivity contribution in [3.63, 3.8) is 0 Å². The van der Waals surface area contributed by atoms with Crippen LogP contribution in [0.1, 0.15) is 17.2 Å². The van der Waals surface area contributed by atoms with E-state index in [-0.39, 0.29) is 17.9 Å². The highest BCUT2D eigenvalue weighted by molar-refractivity contribution is 6.05. The van der Waals surface area contributed by atoms with Crippen molar-refractivity contribution in [2.75, 3.05) is 33.4 Å². The molecule has 0 bridgehead atoms. The van der Waals surface area contributed by atoms with E-state index in [1.54, 1.807) is 16.9 Å². The lowest BCUT2D eigenvalue weighted by atomic mass is 9.80. The van der Waals surface area contributed by atoms with Gasteiger partial charge in [-0.25, -0.2) is 0 Å². The second kappa shape index (κ2) is 8.02. The summed E-state index contributed by atoms with van der Waals surface area (Å²) < 4.78 is 10.5. The molecule has 0 radical (unpaired) electrons. The molecule has 2 heterocycles. The molecular weight excluding hydrogens is 356 g/mol. The molecule has 6 nitrogen and oxygen atoms in total. The molecule has 2 aromatic carbocycles. The highest BCUT2D eigenvalue weighted by Gasteiger charge is 2.53. The lowest BCUT2D eigenvalue weighted by Crippen LogP contribution is -2.61. The van der Waals surface area contributed by atoms with E-state index in [4.69, 9.17) is 9.47 Å². The van der Waals surface area contributed by atoms with Crippen LogP contribution in [0.5, 0.6) is 5.75 Å². The Kier molecular flexibility index (Phi) is 5.30. The summed E-state index contributed by atoms with van der Waals surface area (Å²) >= 11 is 0. The number of carbonyl (C=O) groups excluding carboxylic acids is 2. The fraction of sp³-hybridized carbons (Fsp3) is 0.364. The molecule has 4 rings (SSSR count). The third-order valence-electron chi connectivity index (χ3n) is 5.44. The van der Waals surface area contributed by atoms with Crippen LogP contribution in [0.2, 0.25) is 0 Å². The zero-order chi connectivity index (χ0) is 19.5. The molecule has 2 aromatic rings. The van der Waals surface area contributed by atoms with Crippen molar-refractivity contribution < 1.29 is 19.1 Å². The van der Waals surface area contributed by atoms with Crippen LogP contribution in [0, 0.1) is 5.92 Å². The maximum absolute atomic E-state index is 13.1. The number of methoxy groups -OCH3 is 1. The predicted octanol–water partition coefficient (Wildman–Crippen LogP) is 2.25. The first-order valence-electron chi connectivity index (χ1n) is 9.54. The minimum atomic E-state index is -0.654. The van der Waals surface area contributed by atoms with Gasteiger partial charge in [0.25, 0.3) is 0 Å². The van der Waals surface area contributed by atoms with E-state index in [1.165, 1.54) is 0 Å². The summed E-state index contributed by atoms with van der Waals surface area (Å²) in [5, 5.41) is 0. The monoisotopic (exact) mass is 380 g/mol. The van der Waals surface area contributed by atoms with Crippen LogP contribution >= 0.6 is 0 Å². The molecule has 2 atom stereocenters. The van der Waals surface area contributed by atoms with Crippen LogP contribution in [-0.2, 0) is 20.9 Å². The number of morpholine rings is 1. The maximum Gasteiger partial charge on any atom is 0.238 e. The molecule has 2 saturated heterocycles. The van der Waals surface area contributed by atoms with Crippen molar-refractivity contribution in [3.05, 3.63) is 65.7 Å². The third-order valence-corrected chi connectivity index (χ3v) is 5.44. The summed E-state index contributed by atoms with van der Waals surface area (Å²) in [7, 11) is 1.63. The van der Waals surface area contributed by atoms with Crippen molar-refractivity contribution >= 4 is 11.8 Å². The van der Waals surface area contributed by atoms with Gasteiger partial charge in [-0.05, 0) is 23.3 Å². The number of β-lactam (4-membered cyclic amide) rings is 1. The van der Waals surface area contributed by atoms with Gasteiger partial charge in [0.2, 0.25) is 11.8 Å². The van der Waals surface area contributed by atoms with Gasteiger partial charge in [-0.1, -0.05) is 42.5 Å². The predicted molar refractivity (Wildman–Crippen MR) is 104 cm³/mol. The Morgan fingerprint density at radius 1 is 1.07 bits per heavy atom. The summed E-state index contributed by atoms with van der Waals surface area (Å²) in [4.78, 5) is 29.6. The molecule has 2 fully saturated rings. The number of ether oxygens (including phenoxy) is 2. The van der Waals surface area contributed by atoms with Gasteiger partial charge >= 0.3 is 0 Å². The number of hydrogen-bond donors (Lipinski definition) is 0. The first-order chi connectivity index (χ1) is 13.7. The highest BCUT2D eigenvalue weighted by Crippen LogP contribution is 2.42.